The Hall–Kier alpha value is -1.82. The zero-order valence-electron chi connectivity index (χ0n) is 13.0. The highest BCUT2D eigenvalue weighted by molar-refractivity contribution is 7.22. The normalized spacial score (nSPS) is 12.2. The van der Waals surface area contributed by atoms with Crippen molar-refractivity contribution in [2.45, 2.75) is 13.0 Å². The molecule has 0 fully saturated rings. The lowest BCUT2D eigenvalue weighted by atomic mass is 10.1. The smallest absolute Gasteiger partial charge is 0.263 e. The summed E-state index contributed by atoms with van der Waals surface area (Å²) in [6.07, 6.45) is 3.38. The maximum Gasteiger partial charge on any atom is 0.263 e. The van der Waals surface area contributed by atoms with E-state index >= 15 is 0 Å². The third kappa shape index (κ3) is 3.07. The summed E-state index contributed by atoms with van der Waals surface area (Å²) in [6.45, 7) is 1.91. The molecule has 1 aromatic carbocycles. The number of pyridine rings is 1. The number of carbonyl (C=O) groups is 1. The van der Waals surface area contributed by atoms with Gasteiger partial charge in [-0.2, -0.15) is 0 Å². The molecule has 1 atom stereocenters. The van der Waals surface area contributed by atoms with Gasteiger partial charge >= 0.3 is 0 Å². The SMILES string of the molecule is COc1ccc2c(Cl)c(C(=O)N[C@H](C)c3ccncc3)sc2c1Cl. The summed E-state index contributed by atoms with van der Waals surface area (Å²) in [5.41, 5.74) is 0.968. The standard InChI is InChI=1S/C17H14Cl2N2O2S/c1-9(10-5-7-20-8-6-10)21-17(22)16-13(18)11-3-4-12(23-2)14(19)15(11)24-16/h3-9H,1-2H3,(H,21,22)/t9-/m1/s1. The molecule has 2 aromatic heterocycles. The van der Waals surface area contributed by atoms with Crippen LogP contribution in [0.25, 0.3) is 10.1 Å². The zero-order valence-corrected chi connectivity index (χ0v) is 15.3. The van der Waals surface area contributed by atoms with Crippen LogP contribution in [0.4, 0.5) is 0 Å². The molecular weight excluding hydrogens is 367 g/mol. The van der Waals surface area contributed by atoms with Gasteiger partial charge in [0.2, 0.25) is 0 Å². The van der Waals surface area contributed by atoms with Crippen molar-refractivity contribution >= 4 is 50.5 Å². The number of carbonyl (C=O) groups excluding carboxylic acids is 1. The van der Waals surface area contributed by atoms with Crippen molar-refractivity contribution in [2.75, 3.05) is 7.11 Å². The predicted molar refractivity (Wildman–Crippen MR) is 98.5 cm³/mol. The molecule has 7 heteroatoms. The van der Waals surface area contributed by atoms with Crippen LogP contribution in [0.1, 0.15) is 28.2 Å². The fraction of sp³-hybridized carbons (Fsp3) is 0.176. The number of fused-ring (bicyclic) bond motifs is 1. The van der Waals surface area contributed by atoms with Crippen molar-refractivity contribution in [3.05, 3.63) is 57.1 Å². The van der Waals surface area contributed by atoms with Crippen LogP contribution in [-0.2, 0) is 0 Å². The number of aromatic nitrogens is 1. The van der Waals surface area contributed by atoms with E-state index in [1.165, 1.54) is 11.3 Å². The number of ether oxygens (including phenoxy) is 1. The zero-order chi connectivity index (χ0) is 17.3. The molecule has 3 rings (SSSR count). The molecule has 0 radical (unpaired) electrons. The van der Waals surface area contributed by atoms with Gasteiger partial charge < -0.3 is 10.1 Å². The van der Waals surface area contributed by atoms with E-state index in [2.05, 4.69) is 10.3 Å². The van der Waals surface area contributed by atoms with Crippen LogP contribution >= 0.6 is 34.5 Å². The lowest BCUT2D eigenvalue weighted by molar-refractivity contribution is 0.0944. The van der Waals surface area contributed by atoms with E-state index in [1.54, 1.807) is 25.6 Å². The minimum Gasteiger partial charge on any atom is -0.495 e. The average molecular weight is 381 g/mol. The molecule has 24 heavy (non-hydrogen) atoms. The van der Waals surface area contributed by atoms with Gasteiger partial charge in [0, 0.05) is 17.8 Å². The Morgan fingerprint density at radius 2 is 1.92 bits per heavy atom. The summed E-state index contributed by atoms with van der Waals surface area (Å²) in [5, 5.41) is 4.55. The number of methoxy groups -OCH3 is 1. The van der Waals surface area contributed by atoms with E-state index < -0.39 is 0 Å². The Morgan fingerprint density at radius 1 is 1.21 bits per heavy atom. The molecule has 0 aliphatic heterocycles. The van der Waals surface area contributed by atoms with E-state index in [-0.39, 0.29) is 11.9 Å². The second kappa shape index (κ2) is 6.97. The summed E-state index contributed by atoms with van der Waals surface area (Å²) >= 11 is 14.0. The van der Waals surface area contributed by atoms with Crippen molar-refractivity contribution in [2.24, 2.45) is 0 Å². The minimum absolute atomic E-state index is 0.160. The third-order valence-electron chi connectivity index (χ3n) is 3.68. The van der Waals surface area contributed by atoms with Crippen LogP contribution in [0.3, 0.4) is 0 Å². The van der Waals surface area contributed by atoms with E-state index in [1.807, 2.05) is 25.1 Å². The lowest BCUT2D eigenvalue weighted by Gasteiger charge is -2.13. The first kappa shape index (κ1) is 17.0. The topological polar surface area (TPSA) is 51.2 Å². The van der Waals surface area contributed by atoms with Gasteiger partial charge in [-0.1, -0.05) is 23.2 Å². The quantitative estimate of drug-likeness (QED) is 0.684. The number of rotatable bonds is 4. The number of hydrogen-bond donors (Lipinski definition) is 1. The van der Waals surface area contributed by atoms with Crippen molar-refractivity contribution < 1.29 is 9.53 Å². The second-order valence-corrected chi connectivity index (χ2v) is 6.96. The molecule has 0 saturated carbocycles. The summed E-state index contributed by atoms with van der Waals surface area (Å²) < 4.78 is 5.95. The van der Waals surface area contributed by atoms with Crippen LogP contribution in [0, 0.1) is 0 Å². The highest BCUT2D eigenvalue weighted by Gasteiger charge is 2.21. The van der Waals surface area contributed by atoms with Gasteiger partial charge in [-0.05, 0) is 36.8 Å². The maximum atomic E-state index is 12.6. The molecule has 1 N–H and O–H groups in total. The lowest BCUT2D eigenvalue weighted by Crippen LogP contribution is -2.26. The molecule has 0 spiro atoms. The fourth-order valence-corrected chi connectivity index (χ4v) is 4.18. The van der Waals surface area contributed by atoms with Gasteiger partial charge in [0.25, 0.3) is 5.91 Å². The monoisotopic (exact) mass is 380 g/mol. The number of nitrogens with zero attached hydrogens (tertiary/aromatic N) is 1. The van der Waals surface area contributed by atoms with Gasteiger partial charge in [-0.3, -0.25) is 9.78 Å². The van der Waals surface area contributed by atoms with Gasteiger partial charge in [0.15, 0.2) is 0 Å². The first-order chi connectivity index (χ1) is 11.5. The predicted octanol–water partition coefficient (Wildman–Crippen LogP) is 5.10. The molecule has 0 unspecified atom stereocenters. The molecular formula is C17H14Cl2N2O2S. The Morgan fingerprint density at radius 3 is 2.58 bits per heavy atom. The molecule has 4 nitrogen and oxygen atoms in total. The third-order valence-corrected chi connectivity index (χ3v) is 5.90. The molecule has 0 aliphatic carbocycles. The number of nitrogens with one attached hydrogen (secondary N) is 1. The van der Waals surface area contributed by atoms with Crippen molar-refractivity contribution in [3.8, 4) is 5.75 Å². The first-order valence-corrected chi connectivity index (χ1v) is 8.75. The molecule has 0 aliphatic rings. The summed E-state index contributed by atoms with van der Waals surface area (Å²) in [7, 11) is 1.55. The number of hydrogen-bond acceptors (Lipinski definition) is 4. The summed E-state index contributed by atoms with van der Waals surface area (Å²) in [4.78, 5) is 17.0. The fourth-order valence-electron chi connectivity index (χ4n) is 2.38. The molecule has 3 aromatic rings. The number of thiophene rings is 1. The van der Waals surface area contributed by atoms with Gasteiger partial charge in [0.05, 0.1) is 22.9 Å². The van der Waals surface area contributed by atoms with Crippen LogP contribution in [0.2, 0.25) is 10.0 Å². The van der Waals surface area contributed by atoms with E-state index in [9.17, 15) is 4.79 Å². The molecule has 0 bridgehead atoms. The van der Waals surface area contributed by atoms with Crippen molar-refractivity contribution in [1.29, 1.82) is 0 Å². The first-order valence-electron chi connectivity index (χ1n) is 7.18. The van der Waals surface area contributed by atoms with Gasteiger partial charge in [-0.15, -0.1) is 11.3 Å². The molecule has 124 valence electrons. The van der Waals surface area contributed by atoms with Gasteiger partial charge in [-0.25, -0.2) is 0 Å². The van der Waals surface area contributed by atoms with Crippen molar-refractivity contribution in [1.82, 2.24) is 10.3 Å². The Bertz CT molecular complexity index is 896. The van der Waals surface area contributed by atoms with Crippen LogP contribution in [0.15, 0.2) is 36.7 Å². The summed E-state index contributed by atoms with van der Waals surface area (Å²) in [5.74, 6) is 0.319. The highest BCUT2D eigenvalue weighted by atomic mass is 35.5. The molecule has 0 saturated heterocycles. The van der Waals surface area contributed by atoms with Crippen LogP contribution in [0.5, 0.6) is 5.75 Å². The van der Waals surface area contributed by atoms with E-state index in [4.69, 9.17) is 27.9 Å². The van der Waals surface area contributed by atoms with E-state index in [0.29, 0.717) is 20.7 Å². The van der Waals surface area contributed by atoms with Gasteiger partial charge in [0.1, 0.15) is 15.6 Å². The molecule has 1 amide bonds. The highest BCUT2D eigenvalue weighted by Crippen LogP contribution is 2.43. The number of benzene rings is 1. The van der Waals surface area contributed by atoms with Crippen LogP contribution < -0.4 is 10.1 Å². The van der Waals surface area contributed by atoms with E-state index in [0.717, 1.165) is 15.6 Å². The van der Waals surface area contributed by atoms with Crippen LogP contribution in [-0.4, -0.2) is 18.0 Å². The largest absolute Gasteiger partial charge is 0.495 e. The second-order valence-electron chi connectivity index (χ2n) is 5.18. The van der Waals surface area contributed by atoms with Crippen molar-refractivity contribution in [3.63, 3.8) is 0 Å². The minimum atomic E-state index is -0.236. The Labute approximate surface area is 153 Å². The average Bonchev–Trinajstić information content (AvgIpc) is 2.94. The Kier molecular flexibility index (Phi) is 4.94. The molecule has 2 heterocycles. The summed E-state index contributed by atoms with van der Waals surface area (Å²) in [6, 6.07) is 7.11. The number of amides is 1. The maximum absolute atomic E-state index is 12.6. The number of halogens is 2. The Balaban J connectivity index is 1.93.